The number of aromatic amines is 1. The Kier molecular flexibility index (Phi) is 3.63. The predicted molar refractivity (Wildman–Crippen MR) is 65.7 cm³/mol. The fourth-order valence-electron chi connectivity index (χ4n) is 2.17. The van der Waals surface area contributed by atoms with E-state index in [1.54, 1.807) is 0 Å². The van der Waals surface area contributed by atoms with Crippen molar-refractivity contribution in [3.8, 4) is 5.75 Å². The third-order valence-corrected chi connectivity index (χ3v) is 3.09. The Hall–Kier alpha value is -1.56. The van der Waals surface area contributed by atoms with Gasteiger partial charge in [0.15, 0.2) is 5.82 Å². The first-order valence-electron chi connectivity index (χ1n) is 5.87. The lowest BCUT2D eigenvalue weighted by Gasteiger charge is -2.36. The molecule has 2 rings (SSSR count). The van der Waals surface area contributed by atoms with Crippen molar-refractivity contribution in [1.82, 2.24) is 15.3 Å². The molecule has 1 saturated heterocycles. The average molecular weight is 238 g/mol. The molecule has 94 valence electrons. The number of hydrogen-bond acceptors (Lipinski definition) is 5. The van der Waals surface area contributed by atoms with E-state index in [1.165, 1.54) is 13.4 Å². The molecule has 2 N–H and O–H groups in total. The summed E-state index contributed by atoms with van der Waals surface area (Å²) in [5.41, 5.74) is -0.231. The van der Waals surface area contributed by atoms with Crippen LogP contribution in [-0.4, -0.2) is 42.8 Å². The molecule has 1 aliphatic rings. The number of nitrogens with zero attached hydrogens (tertiary/aromatic N) is 2. The Balaban J connectivity index is 2.37. The van der Waals surface area contributed by atoms with E-state index in [9.17, 15) is 4.79 Å². The Bertz CT molecular complexity index is 432. The molecule has 0 aliphatic carbocycles. The summed E-state index contributed by atoms with van der Waals surface area (Å²) in [4.78, 5) is 20.6. The number of ether oxygens (including phenoxy) is 1. The normalized spacial score (nSPS) is 20.4. The summed E-state index contributed by atoms with van der Waals surface area (Å²) in [5, 5.41) is 3.34. The number of aromatic nitrogens is 2. The highest BCUT2D eigenvalue weighted by Gasteiger charge is 2.25. The van der Waals surface area contributed by atoms with Gasteiger partial charge in [-0.25, -0.2) is 4.98 Å². The predicted octanol–water partition coefficient (Wildman–Crippen LogP) is -0.0333. The van der Waals surface area contributed by atoms with Gasteiger partial charge in [0.1, 0.15) is 0 Å². The zero-order valence-corrected chi connectivity index (χ0v) is 10.2. The van der Waals surface area contributed by atoms with Crippen molar-refractivity contribution >= 4 is 5.82 Å². The lowest BCUT2D eigenvalue weighted by Crippen LogP contribution is -2.51. The monoisotopic (exact) mass is 238 g/mol. The van der Waals surface area contributed by atoms with Crippen molar-refractivity contribution in [2.24, 2.45) is 0 Å². The van der Waals surface area contributed by atoms with Crippen LogP contribution in [0.2, 0.25) is 0 Å². The summed E-state index contributed by atoms with van der Waals surface area (Å²) >= 11 is 0. The third-order valence-electron chi connectivity index (χ3n) is 3.09. The molecule has 6 nitrogen and oxygen atoms in total. The van der Waals surface area contributed by atoms with Gasteiger partial charge < -0.3 is 19.9 Å². The molecule has 0 spiro atoms. The van der Waals surface area contributed by atoms with E-state index >= 15 is 0 Å². The van der Waals surface area contributed by atoms with Crippen LogP contribution in [0.5, 0.6) is 5.75 Å². The minimum atomic E-state index is -0.231. The van der Waals surface area contributed by atoms with Crippen molar-refractivity contribution in [3.63, 3.8) is 0 Å². The summed E-state index contributed by atoms with van der Waals surface area (Å²) in [6.07, 6.45) is 2.43. The maximum Gasteiger partial charge on any atom is 0.295 e. The minimum absolute atomic E-state index is 0.231. The number of H-pyrrole nitrogens is 1. The van der Waals surface area contributed by atoms with Crippen molar-refractivity contribution in [2.75, 3.05) is 31.6 Å². The summed E-state index contributed by atoms with van der Waals surface area (Å²) in [6, 6.07) is 0.354. The second-order valence-electron chi connectivity index (χ2n) is 4.05. The summed E-state index contributed by atoms with van der Waals surface area (Å²) in [6.45, 7) is 4.78. The van der Waals surface area contributed by atoms with Gasteiger partial charge >= 0.3 is 0 Å². The number of hydrogen-bond donors (Lipinski definition) is 2. The summed E-state index contributed by atoms with van der Waals surface area (Å²) in [7, 11) is 1.50. The molecule has 6 heteroatoms. The van der Waals surface area contributed by atoms with Crippen LogP contribution in [0.25, 0.3) is 0 Å². The minimum Gasteiger partial charge on any atom is -0.489 e. The highest BCUT2D eigenvalue weighted by atomic mass is 16.5. The summed E-state index contributed by atoms with van der Waals surface area (Å²) < 4.78 is 5.15. The zero-order valence-electron chi connectivity index (χ0n) is 10.2. The molecule has 1 atom stereocenters. The average Bonchev–Trinajstić information content (AvgIpc) is 2.38. The quantitative estimate of drug-likeness (QED) is 0.773. The largest absolute Gasteiger partial charge is 0.489 e. The molecule has 17 heavy (non-hydrogen) atoms. The van der Waals surface area contributed by atoms with Gasteiger partial charge in [-0.3, -0.25) is 4.79 Å². The Morgan fingerprint density at radius 2 is 2.47 bits per heavy atom. The molecule has 0 saturated carbocycles. The van der Waals surface area contributed by atoms with E-state index in [4.69, 9.17) is 4.74 Å². The zero-order chi connectivity index (χ0) is 12.3. The van der Waals surface area contributed by atoms with Crippen molar-refractivity contribution in [3.05, 3.63) is 16.7 Å². The molecule has 1 aliphatic heterocycles. The molecule has 0 radical (unpaired) electrons. The number of nitrogens with one attached hydrogen (secondary N) is 2. The van der Waals surface area contributed by atoms with Gasteiger partial charge in [-0.05, 0) is 6.42 Å². The molecule has 1 unspecified atom stereocenters. The molecule has 1 aromatic rings. The first-order chi connectivity index (χ1) is 8.27. The molecule has 2 heterocycles. The number of rotatable bonds is 3. The first kappa shape index (κ1) is 11.9. The SMILES string of the molecule is CCC1CNCCN1c1nc[nH]c(=O)c1OC. The molecule has 0 bridgehead atoms. The van der Waals surface area contributed by atoms with Gasteiger partial charge in [-0.15, -0.1) is 0 Å². The number of piperazine rings is 1. The van der Waals surface area contributed by atoms with Crippen LogP contribution in [0.1, 0.15) is 13.3 Å². The number of methoxy groups -OCH3 is 1. The van der Waals surface area contributed by atoms with Crippen molar-refractivity contribution in [1.29, 1.82) is 0 Å². The second-order valence-corrected chi connectivity index (χ2v) is 4.05. The van der Waals surface area contributed by atoms with E-state index in [0.717, 1.165) is 26.1 Å². The van der Waals surface area contributed by atoms with Crippen molar-refractivity contribution in [2.45, 2.75) is 19.4 Å². The summed E-state index contributed by atoms with van der Waals surface area (Å²) in [5.74, 6) is 0.942. The molecule has 0 amide bonds. The Labute approximate surface area is 100 Å². The van der Waals surface area contributed by atoms with Gasteiger partial charge in [0.25, 0.3) is 5.56 Å². The maximum atomic E-state index is 11.6. The first-order valence-corrected chi connectivity index (χ1v) is 5.87. The lowest BCUT2D eigenvalue weighted by atomic mass is 10.1. The fourth-order valence-corrected chi connectivity index (χ4v) is 2.17. The molecule has 0 aromatic carbocycles. The van der Waals surface area contributed by atoms with Crippen LogP contribution in [0.15, 0.2) is 11.1 Å². The van der Waals surface area contributed by atoms with Crippen LogP contribution in [0, 0.1) is 0 Å². The van der Waals surface area contributed by atoms with Crippen LogP contribution >= 0.6 is 0 Å². The van der Waals surface area contributed by atoms with Gasteiger partial charge in [-0.2, -0.15) is 0 Å². The molecule has 1 fully saturated rings. The topological polar surface area (TPSA) is 70.2 Å². The standard InChI is InChI=1S/C11H18N4O2/c1-3-8-6-12-4-5-15(8)10-9(17-2)11(16)14-7-13-10/h7-8,12H,3-6H2,1-2H3,(H,13,14,16). The van der Waals surface area contributed by atoms with Gasteiger partial charge in [0.05, 0.1) is 13.4 Å². The Morgan fingerprint density at radius 1 is 1.65 bits per heavy atom. The smallest absolute Gasteiger partial charge is 0.295 e. The molecule has 1 aromatic heterocycles. The van der Waals surface area contributed by atoms with Crippen LogP contribution in [0.3, 0.4) is 0 Å². The van der Waals surface area contributed by atoms with E-state index < -0.39 is 0 Å². The van der Waals surface area contributed by atoms with Crippen LogP contribution < -0.4 is 20.5 Å². The van der Waals surface area contributed by atoms with Crippen molar-refractivity contribution < 1.29 is 4.74 Å². The number of anilines is 1. The van der Waals surface area contributed by atoms with Crippen LogP contribution in [0.4, 0.5) is 5.82 Å². The van der Waals surface area contributed by atoms with Crippen LogP contribution in [-0.2, 0) is 0 Å². The van der Waals surface area contributed by atoms with Gasteiger partial charge in [-0.1, -0.05) is 6.92 Å². The van der Waals surface area contributed by atoms with E-state index in [1.807, 2.05) is 0 Å². The van der Waals surface area contributed by atoms with Gasteiger partial charge in [0.2, 0.25) is 5.75 Å². The third kappa shape index (κ3) is 2.26. The lowest BCUT2D eigenvalue weighted by molar-refractivity contribution is 0.396. The highest BCUT2D eigenvalue weighted by molar-refractivity contribution is 5.52. The van der Waals surface area contributed by atoms with Gasteiger partial charge in [0, 0.05) is 25.7 Å². The second kappa shape index (κ2) is 5.18. The fraction of sp³-hybridized carbons (Fsp3) is 0.636. The molecular formula is C11H18N4O2. The molecular weight excluding hydrogens is 220 g/mol. The van der Waals surface area contributed by atoms with E-state index in [2.05, 4.69) is 27.1 Å². The van der Waals surface area contributed by atoms with E-state index in [0.29, 0.717) is 17.6 Å². The maximum absolute atomic E-state index is 11.6. The Morgan fingerprint density at radius 3 is 3.18 bits per heavy atom. The highest BCUT2D eigenvalue weighted by Crippen LogP contribution is 2.24. The van der Waals surface area contributed by atoms with E-state index in [-0.39, 0.29) is 5.56 Å².